The number of benzene rings is 6. The van der Waals surface area contributed by atoms with Crippen LogP contribution in [-0.2, 0) is 43.1 Å². The SMILES string of the molecule is COC(=O)/C=C/c1cc(F)c([C@@H]2C3=C(C[C@@H](C)N2CC2(F)CC2)c2ccccc2C3)c(F)c1.COC(=O)/C=C/c1cc(F)c([C@@H]2C3=C(C[C@@H](C)N2CC2(F)CC2)c2ccccc2C3)c(F)c1.C[C@@H]1CC2=C(Cc3ccccc32)[C@@H](c2c(F)cc(/C=C/C(=O)O)cc2F)N1CC1(F)CC1. The summed E-state index contributed by atoms with van der Waals surface area (Å²) < 4.78 is 147. The highest BCUT2D eigenvalue weighted by molar-refractivity contribution is 5.88. The van der Waals surface area contributed by atoms with Gasteiger partial charge in [0.1, 0.15) is 51.9 Å². The minimum absolute atomic E-state index is 0.0543. The second kappa shape index (κ2) is 26.9. The molecule has 1 N–H and O–H groups in total. The number of carboxylic acids is 1. The number of aliphatic carboxylic acids is 1. The summed E-state index contributed by atoms with van der Waals surface area (Å²) in [6, 6.07) is 29.0. The predicted molar refractivity (Wildman–Crippen MR) is 359 cm³/mol. The van der Waals surface area contributed by atoms with Crippen molar-refractivity contribution in [2.75, 3.05) is 33.9 Å². The average Bonchev–Trinajstić information content (AvgIpc) is 1.58. The maximum absolute atomic E-state index is 15.5. The predicted octanol–water partition coefficient (Wildman–Crippen LogP) is 17.3. The van der Waals surface area contributed by atoms with E-state index in [-0.39, 0.29) is 71.1 Å². The molecule has 0 saturated heterocycles. The maximum atomic E-state index is 15.5. The molecule has 9 aliphatic rings. The molecule has 0 amide bonds. The van der Waals surface area contributed by atoms with E-state index in [1.807, 2.05) is 96.1 Å². The van der Waals surface area contributed by atoms with Gasteiger partial charge < -0.3 is 14.6 Å². The first-order valence-corrected chi connectivity index (χ1v) is 33.5. The molecule has 510 valence electrons. The van der Waals surface area contributed by atoms with Gasteiger partial charge in [-0.15, -0.1) is 0 Å². The summed E-state index contributed by atoms with van der Waals surface area (Å²) in [4.78, 5) is 39.4. The Hall–Kier alpha value is -8.58. The first-order chi connectivity index (χ1) is 46.8. The molecule has 6 aliphatic carbocycles. The van der Waals surface area contributed by atoms with Crippen molar-refractivity contribution in [1.29, 1.82) is 0 Å². The number of halogens is 9. The monoisotopic (exact) mass is 1350 g/mol. The molecule has 3 saturated carbocycles. The van der Waals surface area contributed by atoms with Crippen LogP contribution in [0, 0.1) is 34.9 Å². The van der Waals surface area contributed by atoms with E-state index in [4.69, 9.17) is 5.11 Å². The number of hydrogen-bond acceptors (Lipinski definition) is 8. The lowest BCUT2D eigenvalue weighted by Crippen LogP contribution is -2.45. The van der Waals surface area contributed by atoms with Crippen LogP contribution < -0.4 is 0 Å². The zero-order chi connectivity index (χ0) is 69.3. The van der Waals surface area contributed by atoms with Gasteiger partial charge in [0.05, 0.1) is 32.3 Å². The van der Waals surface area contributed by atoms with Gasteiger partial charge in [-0.05, 0) is 236 Å². The molecule has 0 radical (unpaired) electrons. The Kier molecular flexibility index (Phi) is 18.7. The third-order valence-corrected chi connectivity index (χ3v) is 21.1. The molecule has 15 rings (SSSR count). The fourth-order valence-electron chi connectivity index (χ4n) is 15.6. The number of rotatable bonds is 15. The summed E-state index contributed by atoms with van der Waals surface area (Å²) in [6.07, 6.45) is 13.7. The quantitative estimate of drug-likeness (QED) is 0.0612. The molecule has 6 aromatic carbocycles. The molecule has 3 heterocycles. The fraction of sp³-hybridized carbons (Fsp3) is 0.362. The van der Waals surface area contributed by atoms with Gasteiger partial charge in [-0.3, -0.25) is 14.7 Å². The van der Waals surface area contributed by atoms with Crippen LogP contribution in [0.15, 0.2) is 144 Å². The number of alkyl halides is 3. The fourth-order valence-corrected chi connectivity index (χ4v) is 15.6. The highest BCUT2D eigenvalue weighted by Crippen LogP contribution is 2.56. The Balaban J connectivity index is 0.000000132. The number of ether oxygens (including phenoxy) is 2. The summed E-state index contributed by atoms with van der Waals surface area (Å²) in [5.74, 6) is -6.70. The van der Waals surface area contributed by atoms with Crippen LogP contribution in [0.1, 0.15) is 163 Å². The van der Waals surface area contributed by atoms with E-state index in [0.29, 0.717) is 64.2 Å². The van der Waals surface area contributed by atoms with Crippen molar-refractivity contribution in [3.63, 3.8) is 0 Å². The largest absolute Gasteiger partial charge is 0.478 e. The van der Waals surface area contributed by atoms with Crippen molar-refractivity contribution in [1.82, 2.24) is 14.7 Å². The standard InChI is InChI=1S/2C27H26F3NO2.C26H24F3NO2/c2*1-16-11-20-19-6-4-3-5-18(19)14-21(20)26(31(16)15-27(30)9-10-27)25-22(28)12-17(13-23(25)29)7-8-24(32)33-2;1-15-10-19-18-5-3-2-4-17(18)13-20(19)25(30(15)14-26(29)8-9-26)24-21(27)11-16(12-22(24)28)6-7-23(31)32/h2*3-8,12-13,16,26H,9-11,14-15H2,1-2H3;2-7,11-12,15,25H,8-10,13-14H2,1H3,(H,31,32)/b2*8-7+;7-6+/t2*16-,26+;15-,25+/m111/s1. The van der Waals surface area contributed by atoms with E-state index < -0.39 is 87.9 Å². The summed E-state index contributed by atoms with van der Waals surface area (Å²) in [7, 11) is 2.47. The molecule has 3 fully saturated rings. The molecule has 6 atom stereocenters. The van der Waals surface area contributed by atoms with E-state index in [9.17, 15) is 27.6 Å². The van der Waals surface area contributed by atoms with Gasteiger partial charge in [0.25, 0.3) is 0 Å². The topological polar surface area (TPSA) is 99.6 Å². The van der Waals surface area contributed by atoms with E-state index in [2.05, 4.69) is 21.6 Å². The average molecular weight is 1350 g/mol. The van der Waals surface area contributed by atoms with Crippen molar-refractivity contribution < 1.29 is 68.5 Å². The zero-order valence-electron chi connectivity index (χ0n) is 55.2. The normalized spacial score (nSPS) is 23.7. The molecular formula is C80H76F9N3O6. The van der Waals surface area contributed by atoms with Crippen LogP contribution >= 0.6 is 0 Å². The second-order valence-electron chi connectivity index (χ2n) is 27.9. The number of carbonyl (C=O) groups excluding carboxylic acids is 2. The van der Waals surface area contributed by atoms with Gasteiger partial charge in [0.15, 0.2) is 0 Å². The minimum atomic E-state index is -1.30. The first kappa shape index (κ1) is 68.0. The molecule has 0 spiro atoms. The third-order valence-electron chi connectivity index (χ3n) is 21.1. The van der Waals surface area contributed by atoms with Gasteiger partial charge in [0.2, 0.25) is 0 Å². The first-order valence-electron chi connectivity index (χ1n) is 33.5. The smallest absolute Gasteiger partial charge is 0.330 e. The van der Waals surface area contributed by atoms with Gasteiger partial charge in [0, 0.05) is 72.7 Å². The molecule has 3 aliphatic heterocycles. The van der Waals surface area contributed by atoms with Crippen LogP contribution in [0.5, 0.6) is 0 Å². The van der Waals surface area contributed by atoms with Crippen LogP contribution in [-0.4, -0.2) is 107 Å². The van der Waals surface area contributed by atoms with Crippen molar-refractivity contribution in [3.8, 4) is 0 Å². The molecular weight excluding hydrogens is 1270 g/mol. The summed E-state index contributed by atoms with van der Waals surface area (Å²) in [6.45, 7) is 6.47. The molecule has 6 aromatic rings. The number of esters is 2. The van der Waals surface area contributed by atoms with E-state index in [0.717, 1.165) is 116 Å². The van der Waals surface area contributed by atoms with Gasteiger partial charge >= 0.3 is 17.9 Å². The summed E-state index contributed by atoms with van der Waals surface area (Å²) in [5.41, 5.74) is 9.47. The molecule has 0 bridgehead atoms. The van der Waals surface area contributed by atoms with Gasteiger partial charge in [-0.25, -0.2) is 53.9 Å². The summed E-state index contributed by atoms with van der Waals surface area (Å²) >= 11 is 0. The van der Waals surface area contributed by atoms with E-state index in [1.165, 1.54) is 50.6 Å². The number of carboxylic acid groups (broad SMARTS) is 1. The number of methoxy groups -OCH3 is 2. The summed E-state index contributed by atoms with van der Waals surface area (Å²) in [5, 5.41) is 8.82. The van der Waals surface area contributed by atoms with Crippen LogP contribution in [0.4, 0.5) is 39.5 Å². The van der Waals surface area contributed by atoms with Gasteiger partial charge in [-0.1, -0.05) is 72.8 Å². The minimum Gasteiger partial charge on any atom is -0.478 e. The Morgan fingerprint density at radius 2 is 0.694 bits per heavy atom. The van der Waals surface area contributed by atoms with Crippen LogP contribution in [0.25, 0.3) is 34.9 Å². The maximum Gasteiger partial charge on any atom is 0.330 e. The zero-order valence-corrected chi connectivity index (χ0v) is 55.2. The highest BCUT2D eigenvalue weighted by Gasteiger charge is 2.53. The van der Waals surface area contributed by atoms with Crippen LogP contribution in [0.3, 0.4) is 0 Å². The van der Waals surface area contributed by atoms with Crippen LogP contribution in [0.2, 0.25) is 0 Å². The lowest BCUT2D eigenvalue weighted by Gasteiger charge is -2.43. The molecule has 18 heteroatoms. The molecule has 98 heavy (non-hydrogen) atoms. The van der Waals surface area contributed by atoms with E-state index >= 15 is 26.3 Å². The van der Waals surface area contributed by atoms with Crippen molar-refractivity contribution >= 4 is 52.9 Å². The molecule has 9 nitrogen and oxygen atoms in total. The number of carbonyl (C=O) groups is 3. The Morgan fingerprint density at radius 1 is 0.439 bits per heavy atom. The second-order valence-corrected chi connectivity index (χ2v) is 27.9. The number of fused-ring (bicyclic) bond motifs is 6. The number of nitrogens with zero attached hydrogens (tertiary/aromatic N) is 3. The van der Waals surface area contributed by atoms with Crippen molar-refractivity contribution in [2.24, 2.45) is 0 Å². The van der Waals surface area contributed by atoms with Crippen molar-refractivity contribution in [2.45, 2.75) is 151 Å². The van der Waals surface area contributed by atoms with Crippen molar-refractivity contribution in [3.05, 3.63) is 246 Å². The molecule has 0 aromatic heterocycles. The lowest BCUT2D eigenvalue weighted by atomic mass is 9.84. The van der Waals surface area contributed by atoms with E-state index in [1.54, 1.807) is 0 Å². The number of hydrogen-bond donors (Lipinski definition) is 1. The lowest BCUT2D eigenvalue weighted by molar-refractivity contribution is -0.135. The highest BCUT2D eigenvalue weighted by atomic mass is 19.2. The molecule has 0 unspecified atom stereocenters. The van der Waals surface area contributed by atoms with Gasteiger partial charge in [-0.2, -0.15) is 0 Å². The Labute approximate surface area is 564 Å². The Bertz CT molecular complexity index is 4150. The third kappa shape index (κ3) is 13.8. The Morgan fingerprint density at radius 3 is 0.939 bits per heavy atom.